The summed E-state index contributed by atoms with van der Waals surface area (Å²) in [6.07, 6.45) is 0.285. The van der Waals surface area contributed by atoms with Crippen molar-refractivity contribution in [1.29, 1.82) is 0 Å². The lowest BCUT2D eigenvalue weighted by Gasteiger charge is -2.32. The summed E-state index contributed by atoms with van der Waals surface area (Å²) in [5.41, 5.74) is 0. The van der Waals surface area contributed by atoms with Crippen LogP contribution in [0.25, 0.3) is 0 Å². The van der Waals surface area contributed by atoms with Crippen molar-refractivity contribution in [2.45, 2.75) is 19.4 Å². The number of amides is 1. The van der Waals surface area contributed by atoms with Crippen molar-refractivity contribution in [3.05, 3.63) is 0 Å². The fraction of sp³-hybridized carbons (Fsp3) is 0.818. The van der Waals surface area contributed by atoms with E-state index < -0.39 is 12.0 Å². The highest BCUT2D eigenvalue weighted by molar-refractivity contribution is 5.85. The Bertz CT molecular complexity index is 279. The van der Waals surface area contributed by atoms with Gasteiger partial charge in [0.25, 0.3) is 0 Å². The van der Waals surface area contributed by atoms with Crippen LogP contribution in [0.3, 0.4) is 0 Å². The third-order valence-electron chi connectivity index (χ3n) is 3.16. The second-order valence-electron chi connectivity index (χ2n) is 4.39. The van der Waals surface area contributed by atoms with Crippen LogP contribution in [-0.2, 0) is 14.3 Å². The minimum absolute atomic E-state index is 0.152. The topological polar surface area (TPSA) is 87.7 Å². The molecule has 6 nitrogen and oxygen atoms in total. The lowest BCUT2D eigenvalue weighted by atomic mass is 9.88. The van der Waals surface area contributed by atoms with E-state index in [0.717, 1.165) is 13.1 Å². The van der Waals surface area contributed by atoms with Gasteiger partial charge in [-0.15, -0.1) is 0 Å². The molecular weight excluding hydrogens is 224 g/mol. The highest BCUT2D eigenvalue weighted by atomic mass is 16.5. The van der Waals surface area contributed by atoms with Gasteiger partial charge in [-0.2, -0.15) is 0 Å². The fourth-order valence-corrected chi connectivity index (χ4v) is 1.67. The highest BCUT2D eigenvalue weighted by Gasteiger charge is 2.30. The molecule has 0 spiro atoms. The van der Waals surface area contributed by atoms with Gasteiger partial charge in [0.05, 0.1) is 0 Å². The van der Waals surface area contributed by atoms with Crippen LogP contribution >= 0.6 is 0 Å². The number of carboxylic acids is 1. The maximum Gasteiger partial charge on any atom is 0.326 e. The molecule has 1 aliphatic rings. The first kappa shape index (κ1) is 13.9. The van der Waals surface area contributed by atoms with Gasteiger partial charge >= 0.3 is 5.97 Å². The fourth-order valence-electron chi connectivity index (χ4n) is 1.67. The largest absolute Gasteiger partial charge is 0.480 e. The molecule has 0 aromatic heterocycles. The molecule has 1 amide bonds. The van der Waals surface area contributed by atoms with E-state index in [-0.39, 0.29) is 18.2 Å². The Kier molecular flexibility index (Phi) is 5.37. The molecule has 2 atom stereocenters. The molecule has 3 N–H and O–H groups in total. The van der Waals surface area contributed by atoms with Crippen LogP contribution in [0.15, 0.2) is 0 Å². The van der Waals surface area contributed by atoms with Gasteiger partial charge in [-0.25, -0.2) is 4.79 Å². The average Bonchev–Trinajstić information content (AvgIpc) is 2.20. The summed E-state index contributed by atoms with van der Waals surface area (Å²) in [7, 11) is 1.50. The molecule has 17 heavy (non-hydrogen) atoms. The van der Waals surface area contributed by atoms with Crippen LogP contribution in [0.5, 0.6) is 0 Å². The van der Waals surface area contributed by atoms with Gasteiger partial charge < -0.3 is 20.5 Å². The zero-order valence-electron chi connectivity index (χ0n) is 10.2. The number of carbonyl (C=O) groups is 2. The summed E-state index contributed by atoms with van der Waals surface area (Å²) in [5.74, 6) is -1.05. The predicted octanol–water partition coefficient (Wildman–Crippen LogP) is -0.552. The number of carboxylic acid groups (broad SMARTS) is 1. The normalized spacial score (nSPS) is 19.2. The molecule has 0 bridgehead atoms. The van der Waals surface area contributed by atoms with Crippen molar-refractivity contribution in [1.82, 2.24) is 10.6 Å². The van der Waals surface area contributed by atoms with Crippen LogP contribution in [0, 0.1) is 11.8 Å². The molecule has 98 valence electrons. The Morgan fingerprint density at radius 2 is 2.18 bits per heavy atom. The van der Waals surface area contributed by atoms with E-state index >= 15 is 0 Å². The van der Waals surface area contributed by atoms with E-state index in [1.807, 2.05) is 6.92 Å². The van der Waals surface area contributed by atoms with Crippen LogP contribution in [0.1, 0.15) is 13.3 Å². The van der Waals surface area contributed by atoms with E-state index in [4.69, 9.17) is 9.84 Å². The molecular formula is C11H20N2O4. The third-order valence-corrected chi connectivity index (χ3v) is 3.16. The van der Waals surface area contributed by atoms with Gasteiger partial charge in [-0.3, -0.25) is 4.79 Å². The molecule has 0 radical (unpaired) electrons. The lowest BCUT2D eigenvalue weighted by molar-refractivity contribution is -0.143. The smallest absolute Gasteiger partial charge is 0.326 e. The molecule has 1 saturated heterocycles. The maximum absolute atomic E-state index is 11.8. The standard InChI is InChI=1S/C11H20N2O4/c1-7(8-5-12-6-8)10(14)13-9(11(15)16)3-4-17-2/h7-9,12H,3-6H2,1-2H3,(H,13,14)(H,15,16). The molecule has 1 fully saturated rings. The number of methoxy groups -OCH3 is 1. The molecule has 1 heterocycles. The molecule has 1 aliphatic heterocycles. The summed E-state index contributed by atoms with van der Waals surface area (Å²) in [6.45, 7) is 3.79. The predicted molar refractivity (Wildman–Crippen MR) is 61.6 cm³/mol. The minimum atomic E-state index is -1.02. The monoisotopic (exact) mass is 244 g/mol. The SMILES string of the molecule is COCCC(NC(=O)C(C)C1CNC1)C(=O)O. The van der Waals surface area contributed by atoms with Crippen molar-refractivity contribution in [3.8, 4) is 0 Å². The number of ether oxygens (including phenoxy) is 1. The Morgan fingerprint density at radius 3 is 2.59 bits per heavy atom. The van der Waals surface area contributed by atoms with E-state index in [2.05, 4.69) is 10.6 Å². The van der Waals surface area contributed by atoms with Gasteiger partial charge in [0.1, 0.15) is 6.04 Å². The van der Waals surface area contributed by atoms with Gasteiger partial charge in [-0.1, -0.05) is 6.92 Å². The maximum atomic E-state index is 11.8. The number of rotatable bonds is 7. The first-order valence-electron chi connectivity index (χ1n) is 5.79. The summed E-state index contributed by atoms with van der Waals surface area (Å²) < 4.78 is 4.82. The molecule has 0 saturated carbocycles. The number of hydrogen-bond acceptors (Lipinski definition) is 4. The van der Waals surface area contributed by atoms with Crippen molar-refractivity contribution < 1.29 is 19.4 Å². The van der Waals surface area contributed by atoms with Gasteiger partial charge in [0.15, 0.2) is 0 Å². The van der Waals surface area contributed by atoms with Crippen molar-refractivity contribution in [3.63, 3.8) is 0 Å². The summed E-state index contributed by atoms with van der Waals surface area (Å²) in [5, 5.41) is 14.6. The number of aliphatic carboxylic acids is 1. The quantitative estimate of drug-likeness (QED) is 0.559. The Morgan fingerprint density at radius 1 is 1.53 bits per heavy atom. The summed E-state index contributed by atoms with van der Waals surface area (Å²) in [6, 6.07) is -0.863. The van der Waals surface area contributed by atoms with E-state index in [9.17, 15) is 9.59 Å². The van der Waals surface area contributed by atoms with Crippen molar-refractivity contribution in [2.75, 3.05) is 26.8 Å². The second kappa shape index (κ2) is 6.56. The van der Waals surface area contributed by atoms with Gasteiger partial charge in [0.2, 0.25) is 5.91 Å². The molecule has 0 aliphatic carbocycles. The highest BCUT2D eigenvalue weighted by Crippen LogP contribution is 2.16. The van der Waals surface area contributed by atoms with Crippen LogP contribution in [0.4, 0.5) is 0 Å². The zero-order valence-corrected chi connectivity index (χ0v) is 10.2. The Hall–Kier alpha value is -1.14. The van der Waals surface area contributed by atoms with E-state index in [0.29, 0.717) is 12.5 Å². The Balaban J connectivity index is 2.41. The first-order valence-corrected chi connectivity index (χ1v) is 5.79. The molecule has 6 heteroatoms. The number of carbonyl (C=O) groups excluding carboxylic acids is 1. The summed E-state index contributed by atoms with van der Waals surface area (Å²) in [4.78, 5) is 22.7. The van der Waals surface area contributed by atoms with Gasteiger partial charge in [0, 0.05) is 26.1 Å². The summed E-state index contributed by atoms with van der Waals surface area (Å²) >= 11 is 0. The Labute approximate surface area is 101 Å². The second-order valence-corrected chi connectivity index (χ2v) is 4.39. The van der Waals surface area contributed by atoms with Crippen molar-refractivity contribution >= 4 is 11.9 Å². The average molecular weight is 244 g/mol. The minimum Gasteiger partial charge on any atom is -0.480 e. The number of nitrogens with one attached hydrogen (secondary N) is 2. The molecule has 2 unspecified atom stereocenters. The van der Waals surface area contributed by atoms with Crippen LogP contribution in [0.2, 0.25) is 0 Å². The van der Waals surface area contributed by atoms with Gasteiger partial charge in [-0.05, 0) is 19.0 Å². The van der Waals surface area contributed by atoms with E-state index in [1.165, 1.54) is 7.11 Å². The third kappa shape index (κ3) is 3.98. The van der Waals surface area contributed by atoms with Crippen molar-refractivity contribution in [2.24, 2.45) is 11.8 Å². The molecule has 0 aromatic carbocycles. The molecule has 0 aromatic rings. The van der Waals surface area contributed by atoms with E-state index in [1.54, 1.807) is 0 Å². The van der Waals surface area contributed by atoms with Crippen LogP contribution in [-0.4, -0.2) is 49.8 Å². The first-order chi connectivity index (χ1) is 8.06. The lowest BCUT2D eigenvalue weighted by Crippen LogP contribution is -2.52. The molecule has 1 rings (SSSR count). The number of hydrogen-bond donors (Lipinski definition) is 3. The van der Waals surface area contributed by atoms with Crippen LogP contribution < -0.4 is 10.6 Å². The zero-order chi connectivity index (χ0) is 12.8.